The molecule has 0 aliphatic carbocycles. The predicted molar refractivity (Wildman–Crippen MR) is 102 cm³/mol. The van der Waals surface area contributed by atoms with Crippen LogP contribution in [-0.4, -0.2) is 60.8 Å². The lowest BCUT2D eigenvalue weighted by Gasteiger charge is -2.34. The number of piperidine rings is 1. The van der Waals surface area contributed by atoms with Gasteiger partial charge in [0.1, 0.15) is 18.2 Å². The van der Waals surface area contributed by atoms with E-state index in [1.54, 1.807) is 6.33 Å². The van der Waals surface area contributed by atoms with E-state index in [1.165, 1.54) is 0 Å². The lowest BCUT2D eigenvalue weighted by Crippen LogP contribution is -2.52. The molecule has 1 aromatic heterocycles. The normalized spacial score (nSPS) is 21.0. The Morgan fingerprint density at radius 3 is 2.76 bits per heavy atom. The summed E-state index contributed by atoms with van der Waals surface area (Å²) in [5.41, 5.74) is 1.06. The van der Waals surface area contributed by atoms with Gasteiger partial charge in [-0.15, -0.1) is 24.8 Å². The molecule has 7 nitrogen and oxygen atoms in total. The number of halogens is 2. The molecule has 2 saturated heterocycles. The summed E-state index contributed by atoms with van der Waals surface area (Å²) in [6.07, 6.45) is 4.05. The topological polar surface area (TPSA) is 79.4 Å². The minimum atomic E-state index is -0.351. The second-order valence-electron chi connectivity index (χ2n) is 6.05. The Bertz CT molecular complexity index is 535. The van der Waals surface area contributed by atoms with E-state index in [1.807, 2.05) is 0 Å². The van der Waals surface area contributed by atoms with Crippen LogP contribution in [0.25, 0.3) is 0 Å². The molecule has 1 aromatic rings. The number of nitrogens with zero attached hydrogens (tertiary/aromatic N) is 3. The maximum absolute atomic E-state index is 12.2. The van der Waals surface area contributed by atoms with E-state index in [2.05, 4.69) is 38.5 Å². The molecule has 0 aromatic carbocycles. The summed E-state index contributed by atoms with van der Waals surface area (Å²) in [5.74, 6) is 0.993. The molecule has 2 aliphatic rings. The highest BCUT2D eigenvalue weighted by molar-refractivity contribution is 5.85. The number of hydrogen-bond donors (Lipinski definition) is 2. The summed E-state index contributed by atoms with van der Waals surface area (Å²) < 4.78 is 5.50. The first-order valence-corrected chi connectivity index (χ1v) is 8.45. The van der Waals surface area contributed by atoms with Crippen LogP contribution in [0.3, 0.4) is 0 Å². The number of ether oxygens (including phenoxy) is 1. The average molecular weight is 392 g/mol. The Balaban J connectivity index is 0.00000156. The number of carbonyl (C=O) groups excluding carboxylic acids is 1. The minimum absolute atomic E-state index is 0. The largest absolute Gasteiger partial charge is 0.366 e. The van der Waals surface area contributed by atoms with Gasteiger partial charge in [-0.05, 0) is 19.3 Å². The zero-order valence-electron chi connectivity index (χ0n) is 14.4. The number of amides is 1. The number of morpholine rings is 1. The van der Waals surface area contributed by atoms with Crippen molar-refractivity contribution in [2.24, 2.45) is 0 Å². The Morgan fingerprint density at radius 1 is 1.36 bits per heavy atom. The van der Waals surface area contributed by atoms with Crippen LogP contribution in [0, 0.1) is 0 Å². The zero-order chi connectivity index (χ0) is 16.1. The van der Waals surface area contributed by atoms with Crippen molar-refractivity contribution in [3.05, 3.63) is 18.1 Å². The van der Waals surface area contributed by atoms with Gasteiger partial charge in [-0.3, -0.25) is 4.79 Å². The molecule has 0 bridgehead atoms. The fourth-order valence-corrected chi connectivity index (χ4v) is 3.03. The summed E-state index contributed by atoms with van der Waals surface area (Å²) in [6.45, 7) is 5.91. The summed E-state index contributed by atoms with van der Waals surface area (Å²) >= 11 is 0. The van der Waals surface area contributed by atoms with Crippen LogP contribution < -0.4 is 15.5 Å². The quantitative estimate of drug-likeness (QED) is 0.795. The number of carbonyl (C=O) groups is 1. The second-order valence-corrected chi connectivity index (χ2v) is 6.05. The number of aryl methyl sites for hydroxylation is 1. The van der Waals surface area contributed by atoms with Crippen molar-refractivity contribution in [3.8, 4) is 0 Å². The van der Waals surface area contributed by atoms with Crippen molar-refractivity contribution in [2.75, 3.05) is 37.7 Å². The Kier molecular flexibility index (Phi) is 9.42. The highest BCUT2D eigenvalue weighted by Gasteiger charge is 2.26. The van der Waals surface area contributed by atoms with Gasteiger partial charge in [-0.2, -0.15) is 0 Å². The molecule has 0 saturated carbocycles. The average Bonchev–Trinajstić information content (AvgIpc) is 2.63. The molecule has 9 heteroatoms. The van der Waals surface area contributed by atoms with Gasteiger partial charge < -0.3 is 20.3 Å². The van der Waals surface area contributed by atoms with Crippen molar-refractivity contribution >= 4 is 36.5 Å². The van der Waals surface area contributed by atoms with Crippen molar-refractivity contribution in [1.82, 2.24) is 20.6 Å². The van der Waals surface area contributed by atoms with Gasteiger partial charge in [-0.25, -0.2) is 9.97 Å². The lowest BCUT2D eigenvalue weighted by atomic mass is 10.0. The number of hydrogen-bond acceptors (Lipinski definition) is 6. The van der Waals surface area contributed by atoms with Crippen molar-refractivity contribution in [2.45, 2.75) is 38.3 Å². The van der Waals surface area contributed by atoms with Gasteiger partial charge in [0.05, 0.1) is 6.61 Å². The molecule has 25 heavy (non-hydrogen) atoms. The molecule has 142 valence electrons. The van der Waals surface area contributed by atoms with E-state index in [-0.39, 0.29) is 42.9 Å². The summed E-state index contributed by atoms with van der Waals surface area (Å²) in [4.78, 5) is 23.1. The molecular formula is C16H27Cl2N5O2. The maximum Gasteiger partial charge on any atom is 0.250 e. The van der Waals surface area contributed by atoms with Crippen LogP contribution in [0.5, 0.6) is 0 Å². The van der Waals surface area contributed by atoms with E-state index in [9.17, 15) is 4.79 Å². The van der Waals surface area contributed by atoms with Crippen LogP contribution in [0.15, 0.2) is 12.4 Å². The fourth-order valence-electron chi connectivity index (χ4n) is 3.03. The predicted octanol–water partition coefficient (Wildman–Crippen LogP) is 0.956. The van der Waals surface area contributed by atoms with E-state index < -0.39 is 0 Å². The Labute approximate surface area is 161 Å². The molecule has 0 radical (unpaired) electrons. The first-order chi connectivity index (χ1) is 11.3. The smallest absolute Gasteiger partial charge is 0.250 e. The third-order valence-electron chi connectivity index (χ3n) is 4.46. The molecule has 3 rings (SSSR count). The molecule has 2 fully saturated rings. The summed E-state index contributed by atoms with van der Waals surface area (Å²) in [5, 5.41) is 6.30. The van der Waals surface area contributed by atoms with E-state index in [4.69, 9.17) is 4.74 Å². The summed E-state index contributed by atoms with van der Waals surface area (Å²) in [6, 6.07) is 2.28. The Hall–Kier alpha value is -1.15. The van der Waals surface area contributed by atoms with Gasteiger partial charge in [0.2, 0.25) is 0 Å². The van der Waals surface area contributed by atoms with E-state index in [0.717, 1.165) is 50.4 Å². The monoisotopic (exact) mass is 391 g/mol. The van der Waals surface area contributed by atoms with Crippen molar-refractivity contribution in [1.29, 1.82) is 0 Å². The number of rotatable bonds is 4. The van der Waals surface area contributed by atoms with E-state index >= 15 is 0 Å². The summed E-state index contributed by atoms with van der Waals surface area (Å²) in [7, 11) is 0. The highest BCUT2D eigenvalue weighted by atomic mass is 35.5. The van der Waals surface area contributed by atoms with Crippen LogP contribution in [0.4, 0.5) is 5.82 Å². The van der Waals surface area contributed by atoms with Crippen molar-refractivity contribution < 1.29 is 9.53 Å². The van der Waals surface area contributed by atoms with Crippen LogP contribution in [0.1, 0.15) is 25.5 Å². The molecular weight excluding hydrogens is 365 g/mol. The van der Waals surface area contributed by atoms with Gasteiger partial charge in [0, 0.05) is 44.0 Å². The molecule has 2 N–H and O–H groups in total. The third-order valence-corrected chi connectivity index (χ3v) is 4.46. The molecule has 2 aliphatic heterocycles. The lowest BCUT2D eigenvalue weighted by molar-refractivity contribution is -0.135. The molecule has 0 spiro atoms. The molecule has 1 amide bonds. The highest BCUT2D eigenvalue weighted by Crippen LogP contribution is 2.18. The minimum Gasteiger partial charge on any atom is -0.366 e. The first kappa shape index (κ1) is 21.9. The van der Waals surface area contributed by atoms with Crippen LogP contribution >= 0.6 is 24.8 Å². The fraction of sp³-hybridized carbons (Fsp3) is 0.688. The number of anilines is 1. The molecule has 1 atom stereocenters. The first-order valence-electron chi connectivity index (χ1n) is 8.45. The standard InChI is InChI=1S/C16H25N5O2.2ClH/c1-2-12-9-15(19-11-18-12)21-6-3-13(4-7-21)20-16(22)14-10-17-5-8-23-14;;/h9,11,13-14,17H,2-8,10H2,1H3,(H,20,22);2*1H. The van der Waals surface area contributed by atoms with Gasteiger partial charge in [-0.1, -0.05) is 6.92 Å². The van der Waals surface area contributed by atoms with Gasteiger partial charge >= 0.3 is 0 Å². The third kappa shape index (κ3) is 5.95. The molecule has 1 unspecified atom stereocenters. The number of aromatic nitrogens is 2. The SMILES string of the molecule is CCc1cc(N2CCC(NC(=O)C3CNCCO3)CC2)ncn1.Cl.Cl. The maximum atomic E-state index is 12.2. The van der Waals surface area contributed by atoms with Gasteiger partial charge in [0.15, 0.2) is 0 Å². The zero-order valence-corrected chi connectivity index (χ0v) is 16.1. The molecule has 3 heterocycles. The van der Waals surface area contributed by atoms with Crippen molar-refractivity contribution in [3.63, 3.8) is 0 Å². The van der Waals surface area contributed by atoms with Gasteiger partial charge in [0.25, 0.3) is 5.91 Å². The second kappa shape index (κ2) is 10.8. The Morgan fingerprint density at radius 2 is 2.12 bits per heavy atom. The number of nitrogens with one attached hydrogen (secondary N) is 2. The van der Waals surface area contributed by atoms with E-state index in [0.29, 0.717) is 13.2 Å². The van der Waals surface area contributed by atoms with Crippen LogP contribution in [-0.2, 0) is 16.0 Å². The van der Waals surface area contributed by atoms with Crippen LogP contribution in [0.2, 0.25) is 0 Å².